The first-order chi connectivity index (χ1) is 12.5. The summed E-state index contributed by atoms with van der Waals surface area (Å²) in [6, 6.07) is 13.9. The summed E-state index contributed by atoms with van der Waals surface area (Å²) < 4.78 is 0.834. The van der Waals surface area contributed by atoms with Crippen LogP contribution in [0.4, 0.5) is 0 Å². The van der Waals surface area contributed by atoms with E-state index in [1.165, 1.54) is 18.7 Å². The number of aromatic amines is 1. The molecule has 2 aromatic carbocycles. The van der Waals surface area contributed by atoms with E-state index in [0.29, 0.717) is 16.2 Å². The lowest BCUT2D eigenvalue weighted by molar-refractivity contribution is 0.101. The maximum absolute atomic E-state index is 13.2. The van der Waals surface area contributed by atoms with Crippen LogP contribution in [-0.2, 0) is 12.2 Å². The Bertz CT molecular complexity index is 1010. The molecular formula is C21H20BrNO2S. The first-order valence-corrected chi connectivity index (χ1v) is 10.4. The van der Waals surface area contributed by atoms with Gasteiger partial charge in [0.25, 0.3) is 0 Å². The number of fused-ring (bicyclic) bond motifs is 1. The summed E-state index contributed by atoms with van der Waals surface area (Å²) in [4.78, 5) is 28.8. The average molecular weight is 430 g/mol. The molecule has 0 unspecified atom stereocenters. The molecule has 5 heteroatoms. The lowest BCUT2D eigenvalue weighted by Gasteiger charge is -2.13. The second-order valence-electron chi connectivity index (χ2n) is 6.20. The van der Waals surface area contributed by atoms with Crippen molar-refractivity contribution in [2.45, 2.75) is 37.5 Å². The third kappa shape index (κ3) is 3.79. The molecule has 1 N–H and O–H groups in total. The Morgan fingerprint density at radius 2 is 1.88 bits per heavy atom. The van der Waals surface area contributed by atoms with Gasteiger partial charge in [-0.05, 0) is 46.5 Å². The van der Waals surface area contributed by atoms with E-state index in [1.54, 1.807) is 0 Å². The van der Waals surface area contributed by atoms with Gasteiger partial charge in [0.2, 0.25) is 5.43 Å². The highest BCUT2D eigenvalue weighted by atomic mass is 79.9. The molecule has 0 spiro atoms. The van der Waals surface area contributed by atoms with Crippen molar-refractivity contribution in [2.75, 3.05) is 0 Å². The predicted octanol–water partition coefficient (Wildman–Crippen LogP) is 5.74. The van der Waals surface area contributed by atoms with Gasteiger partial charge >= 0.3 is 0 Å². The number of hydrogen-bond donors (Lipinski definition) is 1. The van der Waals surface area contributed by atoms with Gasteiger partial charge in [-0.3, -0.25) is 9.59 Å². The van der Waals surface area contributed by atoms with E-state index >= 15 is 0 Å². The van der Waals surface area contributed by atoms with E-state index in [1.807, 2.05) is 42.5 Å². The number of halogens is 1. The van der Waals surface area contributed by atoms with Crippen molar-refractivity contribution in [2.24, 2.45) is 0 Å². The van der Waals surface area contributed by atoms with Crippen molar-refractivity contribution in [1.82, 2.24) is 4.98 Å². The van der Waals surface area contributed by atoms with Crippen LogP contribution in [0.15, 0.2) is 56.8 Å². The van der Waals surface area contributed by atoms with Crippen LogP contribution in [0.2, 0.25) is 0 Å². The van der Waals surface area contributed by atoms with Gasteiger partial charge in [-0.2, -0.15) is 0 Å². The van der Waals surface area contributed by atoms with Crippen molar-refractivity contribution < 1.29 is 4.79 Å². The molecule has 0 aliphatic carbocycles. The summed E-state index contributed by atoms with van der Waals surface area (Å²) in [5.74, 6) is 0.487. The Morgan fingerprint density at radius 1 is 1.15 bits per heavy atom. The van der Waals surface area contributed by atoms with Gasteiger partial charge in [-0.25, -0.2) is 0 Å². The number of Topliss-reactive ketones (excluding diaryl/α,β-unsaturated/α-hetero) is 1. The van der Waals surface area contributed by atoms with Gasteiger partial charge in [0, 0.05) is 10.2 Å². The smallest absolute Gasteiger partial charge is 0.201 e. The molecule has 0 aliphatic rings. The zero-order valence-electron chi connectivity index (χ0n) is 14.8. The van der Waals surface area contributed by atoms with E-state index < -0.39 is 0 Å². The second-order valence-corrected chi connectivity index (χ2v) is 8.04. The zero-order valence-corrected chi connectivity index (χ0v) is 17.2. The minimum atomic E-state index is -0.203. The van der Waals surface area contributed by atoms with Crippen LogP contribution >= 0.6 is 27.7 Å². The number of carbonyl (C=O) groups is 1. The Morgan fingerprint density at radius 3 is 2.54 bits per heavy atom. The highest BCUT2D eigenvalue weighted by molar-refractivity contribution is 9.10. The van der Waals surface area contributed by atoms with Crippen LogP contribution < -0.4 is 5.43 Å². The third-order valence-corrected chi connectivity index (χ3v) is 5.99. The van der Waals surface area contributed by atoms with Crippen LogP contribution in [-0.4, -0.2) is 10.8 Å². The van der Waals surface area contributed by atoms with E-state index in [0.717, 1.165) is 34.0 Å². The molecule has 134 valence electrons. The number of benzene rings is 2. The van der Waals surface area contributed by atoms with Crippen molar-refractivity contribution in [3.63, 3.8) is 0 Å². The summed E-state index contributed by atoms with van der Waals surface area (Å²) in [6.07, 6.45) is 1.75. The van der Waals surface area contributed by atoms with Crippen molar-refractivity contribution >= 4 is 44.4 Å². The minimum Gasteiger partial charge on any atom is -0.348 e. The normalized spacial score (nSPS) is 11.0. The Hall–Kier alpha value is -1.85. The first-order valence-electron chi connectivity index (χ1n) is 8.58. The Balaban J connectivity index is 2.16. The third-order valence-electron chi connectivity index (χ3n) is 4.26. The summed E-state index contributed by atoms with van der Waals surface area (Å²) in [5.41, 5.74) is 2.97. The fourth-order valence-electron chi connectivity index (χ4n) is 3.04. The van der Waals surface area contributed by atoms with E-state index in [2.05, 4.69) is 27.8 Å². The Labute approximate surface area is 165 Å². The topological polar surface area (TPSA) is 49.9 Å². The number of nitrogens with one attached hydrogen (secondary N) is 1. The van der Waals surface area contributed by atoms with Gasteiger partial charge in [0.1, 0.15) is 0 Å². The number of H-pyrrole nitrogens is 1. The number of thioether (sulfide) groups is 1. The van der Waals surface area contributed by atoms with Crippen molar-refractivity contribution in [1.29, 1.82) is 0 Å². The fraction of sp³-hybridized carbons (Fsp3) is 0.238. The van der Waals surface area contributed by atoms with Crippen molar-refractivity contribution in [3.05, 3.63) is 73.9 Å². The summed E-state index contributed by atoms with van der Waals surface area (Å²) >= 11 is 5.03. The van der Waals surface area contributed by atoms with E-state index in [-0.39, 0.29) is 16.8 Å². The van der Waals surface area contributed by atoms with Crippen LogP contribution in [0.3, 0.4) is 0 Å². The maximum atomic E-state index is 13.2. The molecule has 0 atom stereocenters. The minimum absolute atomic E-state index is 0.174. The number of pyridine rings is 1. The van der Waals surface area contributed by atoms with Gasteiger partial charge in [-0.1, -0.05) is 49.7 Å². The molecule has 0 saturated carbocycles. The maximum Gasteiger partial charge on any atom is 0.201 e. The highest BCUT2D eigenvalue weighted by Crippen LogP contribution is 2.30. The molecule has 1 aromatic heterocycles. The molecular weight excluding hydrogens is 410 g/mol. The molecule has 0 aliphatic heterocycles. The molecule has 0 saturated heterocycles. The van der Waals surface area contributed by atoms with Crippen LogP contribution in [0.5, 0.6) is 0 Å². The number of hydrogen-bond acceptors (Lipinski definition) is 3. The summed E-state index contributed by atoms with van der Waals surface area (Å²) in [6.45, 7) is 3.54. The molecule has 3 nitrogen and oxygen atoms in total. The van der Waals surface area contributed by atoms with Crippen LogP contribution in [0, 0.1) is 0 Å². The van der Waals surface area contributed by atoms with Crippen molar-refractivity contribution in [3.8, 4) is 0 Å². The van der Waals surface area contributed by atoms with E-state index in [9.17, 15) is 9.59 Å². The van der Waals surface area contributed by atoms with E-state index in [4.69, 9.17) is 0 Å². The standard InChI is InChI=1S/C21H20BrNO2S/c1-3-7-15-10-11-16(22)19-18(15)20(25)17(13(2)24)21(23-19)26-12-14-8-5-4-6-9-14/h4-6,8-11H,3,7,12H2,1-2H3,(H,23,25). The number of aryl methyl sites for hydroxylation is 1. The molecule has 0 fully saturated rings. The molecule has 0 bridgehead atoms. The monoisotopic (exact) mass is 429 g/mol. The largest absolute Gasteiger partial charge is 0.348 e. The fourth-order valence-corrected chi connectivity index (χ4v) is 4.53. The SMILES string of the molecule is CCCc1ccc(Br)c2[nH]c(SCc3ccccc3)c(C(C)=O)c(=O)c12. The van der Waals surface area contributed by atoms with Crippen LogP contribution in [0.25, 0.3) is 10.9 Å². The van der Waals surface area contributed by atoms with Crippen LogP contribution in [0.1, 0.15) is 41.8 Å². The predicted molar refractivity (Wildman–Crippen MR) is 112 cm³/mol. The number of carbonyl (C=O) groups excluding carboxylic acids is 1. The molecule has 26 heavy (non-hydrogen) atoms. The second kappa shape index (κ2) is 8.23. The zero-order chi connectivity index (χ0) is 18.7. The first kappa shape index (κ1) is 18.9. The Kier molecular flexibility index (Phi) is 5.99. The van der Waals surface area contributed by atoms with Gasteiger partial charge < -0.3 is 4.98 Å². The highest BCUT2D eigenvalue weighted by Gasteiger charge is 2.19. The van der Waals surface area contributed by atoms with Gasteiger partial charge in [-0.15, -0.1) is 11.8 Å². The number of aromatic nitrogens is 1. The summed E-state index contributed by atoms with van der Waals surface area (Å²) in [7, 11) is 0. The molecule has 0 amide bonds. The quantitative estimate of drug-likeness (QED) is 0.401. The average Bonchev–Trinajstić information content (AvgIpc) is 2.63. The number of ketones is 1. The molecule has 3 rings (SSSR count). The van der Waals surface area contributed by atoms with Gasteiger partial charge in [0.05, 0.1) is 21.5 Å². The summed E-state index contributed by atoms with van der Waals surface area (Å²) in [5, 5.41) is 1.25. The lowest BCUT2D eigenvalue weighted by atomic mass is 10.0. The lowest BCUT2D eigenvalue weighted by Crippen LogP contribution is -2.18. The number of rotatable bonds is 6. The van der Waals surface area contributed by atoms with Gasteiger partial charge in [0.15, 0.2) is 5.78 Å². The molecule has 1 heterocycles. The molecule has 3 aromatic rings. The molecule has 0 radical (unpaired) electrons.